The van der Waals surface area contributed by atoms with Crippen molar-refractivity contribution >= 4 is 18.0 Å². The van der Waals surface area contributed by atoms with Crippen molar-refractivity contribution in [2.45, 2.75) is 19.7 Å². The fourth-order valence-corrected chi connectivity index (χ4v) is 2.10. The number of benzene rings is 2. The van der Waals surface area contributed by atoms with Crippen molar-refractivity contribution in [3.8, 4) is 0 Å². The number of ether oxygens (including phenoxy) is 1. The molecule has 0 fully saturated rings. The zero-order valence-corrected chi connectivity index (χ0v) is 15.1. The van der Waals surface area contributed by atoms with Crippen LogP contribution in [-0.4, -0.2) is 30.8 Å². The minimum Gasteiger partial charge on any atom is -0.457 e. The van der Waals surface area contributed by atoms with Crippen LogP contribution in [0, 0.1) is 11.6 Å². The van der Waals surface area contributed by atoms with Gasteiger partial charge in [-0.05, 0) is 36.8 Å². The molecule has 28 heavy (non-hydrogen) atoms. The molecule has 0 atom stereocenters. The molecule has 0 aliphatic rings. The lowest BCUT2D eigenvalue weighted by Gasteiger charge is -2.11. The number of hydrogen-bond acceptors (Lipinski definition) is 3. The van der Waals surface area contributed by atoms with Crippen molar-refractivity contribution in [3.63, 3.8) is 0 Å². The normalized spacial score (nSPS) is 11.7. The molecule has 2 aromatic carbocycles. The number of esters is 1. The van der Waals surface area contributed by atoms with Crippen molar-refractivity contribution in [1.29, 1.82) is 0 Å². The third kappa shape index (κ3) is 5.28. The monoisotopic (exact) mass is 400 g/mol. The second kappa shape index (κ2) is 8.81. The van der Waals surface area contributed by atoms with Crippen LogP contribution >= 0.6 is 0 Å². The first-order valence-electron chi connectivity index (χ1n) is 8.19. The first-order valence-corrected chi connectivity index (χ1v) is 8.19. The second-order valence-electron chi connectivity index (χ2n) is 5.85. The molecule has 0 aliphatic heterocycles. The number of carbonyl (C=O) groups excluding carboxylic acids is 1. The van der Waals surface area contributed by atoms with Crippen LogP contribution < -0.4 is 0 Å². The van der Waals surface area contributed by atoms with Gasteiger partial charge in [0.15, 0.2) is 11.6 Å². The molecule has 150 valence electrons. The van der Waals surface area contributed by atoms with Crippen LogP contribution in [0.3, 0.4) is 0 Å². The molecular weight excluding hydrogens is 383 g/mol. The van der Waals surface area contributed by atoms with Crippen LogP contribution in [0.25, 0.3) is 0 Å². The summed E-state index contributed by atoms with van der Waals surface area (Å²) >= 11 is 0. The molecule has 0 radical (unpaired) electrons. The Morgan fingerprint density at radius 2 is 1.89 bits per heavy atom. The first kappa shape index (κ1) is 21.3. The van der Waals surface area contributed by atoms with Gasteiger partial charge in [-0.1, -0.05) is 12.1 Å². The van der Waals surface area contributed by atoms with Crippen LogP contribution in [0.2, 0.25) is 0 Å². The Hall–Kier alpha value is -2.97. The van der Waals surface area contributed by atoms with Gasteiger partial charge in [0.05, 0.1) is 17.5 Å². The van der Waals surface area contributed by atoms with E-state index in [0.717, 1.165) is 30.3 Å². The summed E-state index contributed by atoms with van der Waals surface area (Å²) in [6, 6.07) is 6.28. The third-order valence-corrected chi connectivity index (χ3v) is 3.80. The van der Waals surface area contributed by atoms with E-state index in [0.29, 0.717) is 6.54 Å². The molecule has 0 aromatic heterocycles. The highest BCUT2D eigenvalue weighted by Crippen LogP contribution is 2.30. The number of alkyl halides is 3. The summed E-state index contributed by atoms with van der Waals surface area (Å²) in [7, 11) is 1.69. The maximum atomic E-state index is 14.2. The van der Waals surface area contributed by atoms with Crippen molar-refractivity contribution in [3.05, 3.63) is 64.7 Å². The zero-order chi connectivity index (χ0) is 20.9. The minimum atomic E-state index is -4.54. The number of rotatable bonds is 6. The molecule has 0 heterocycles. The highest BCUT2D eigenvalue weighted by molar-refractivity contribution is 5.90. The summed E-state index contributed by atoms with van der Waals surface area (Å²) < 4.78 is 71.1. The van der Waals surface area contributed by atoms with E-state index in [-0.39, 0.29) is 11.3 Å². The van der Waals surface area contributed by atoms with Gasteiger partial charge in [0.1, 0.15) is 12.3 Å². The van der Waals surface area contributed by atoms with Gasteiger partial charge >= 0.3 is 12.1 Å². The highest BCUT2D eigenvalue weighted by atomic mass is 19.4. The lowest BCUT2D eigenvalue weighted by atomic mass is 10.1. The molecule has 0 spiro atoms. The topological polar surface area (TPSA) is 41.9 Å². The number of carbonyl (C=O) groups is 1. The summed E-state index contributed by atoms with van der Waals surface area (Å²) in [6.45, 7) is 1.92. The SMILES string of the molecule is CCN(C)/C=N/c1ccc(C(=O)OCc2cccc(C(F)(F)F)c2)c(F)c1F. The Morgan fingerprint density at radius 1 is 1.18 bits per heavy atom. The molecule has 9 heteroatoms. The smallest absolute Gasteiger partial charge is 0.416 e. The summed E-state index contributed by atoms with van der Waals surface area (Å²) in [5.74, 6) is -3.97. The van der Waals surface area contributed by atoms with Crippen LogP contribution in [0.4, 0.5) is 27.6 Å². The van der Waals surface area contributed by atoms with Crippen LogP contribution in [0.5, 0.6) is 0 Å². The molecule has 0 amide bonds. The lowest BCUT2D eigenvalue weighted by Crippen LogP contribution is -2.14. The standard InChI is InChI=1S/C19H17F5N2O2/c1-3-26(2)11-25-15-8-7-14(16(20)17(15)21)18(27)28-10-12-5-4-6-13(9-12)19(22,23)24/h4-9,11H,3,10H2,1-2H3/b25-11+. The van der Waals surface area contributed by atoms with E-state index in [1.807, 2.05) is 6.92 Å². The number of halogens is 5. The van der Waals surface area contributed by atoms with E-state index in [1.165, 1.54) is 12.4 Å². The van der Waals surface area contributed by atoms with Gasteiger partial charge in [0.2, 0.25) is 0 Å². The summed E-state index contributed by atoms with van der Waals surface area (Å²) in [6.07, 6.45) is -3.24. The maximum absolute atomic E-state index is 14.2. The quantitative estimate of drug-likeness (QED) is 0.298. The van der Waals surface area contributed by atoms with Gasteiger partial charge in [-0.3, -0.25) is 0 Å². The lowest BCUT2D eigenvalue weighted by molar-refractivity contribution is -0.137. The van der Waals surface area contributed by atoms with Crippen molar-refractivity contribution in [2.75, 3.05) is 13.6 Å². The average Bonchev–Trinajstić information content (AvgIpc) is 2.66. The first-order chi connectivity index (χ1) is 13.1. The summed E-state index contributed by atoms with van der Waals surface area (Å²) in [5, 5.41) is 0. The van der Waals surface area contributed by atoms with Crippen LogP contribution in [0.15, 0.2) is 41.4 Å². The maximum Gasteiger partial charge on any atom is 0.416 e. The van der Waals surface area contributed by atoms with E-state index in [4.69, 9.17) is 4.74 Å². The molecule has 0 N–H and O–H groups in total. The van der Waals surface area contributed by atoms with Crippen molar-refractivity contribution < 1.29 is 31.5 Å². The Bertz CT molecular complexity index is 881. The van der Waals surface area contributed by atoms with Crippen LogP contribution in [-0.2, 0) is 17.5 Å². The second-order valence-corrected chi connectivity index (χ2v) is 5.85. The molecule has 0 saturated carbocycles. The Balaban J connectivity index is 2.13. The van der Waals surface area contributed by atoms with Gasteiger partial charge < -0.3 is 9.64 Å². The number of hydrogen-bond donors (Lipinski definition) is 0. The highest BCUT2D eigenvalue weighted by Gasteiger charge is 2.30. The van der Waals surface area contributed by atoms with Gasteiger partial charge in [-0.15, -0.1) is 0 Å². The van der Waals surface area contributed by atoms with Gasteiger partial charge in [-0.2, -0.15) is 13.2 Å². The number of aliphatic imine (C=N–C) groups is 1. The van der Waals surface area contributed by atoms with E-state index in [2.05, 4.69) is 4.99 Å². The Kier molecular flexibility index (Phi) is 6.71. The molecule has 2 aromatic rings. The predicted molar refractivity (Wildman–Crippen MR) is 93.4 cm³/mol. The number of nitrogens with zero attached hydrogens (tertiary/aromatic N) is 2. The largest absolute Gasteiger partial charge is 0.457 e. The molecule has 0 aliphatic carbocycles. The zero-order valence-electron chi connectivity index (χ0n) is 15.1. The molecule has 0 saturated heterocycles. The Labute approximate surface area is 158 Å². The van der Waals surface area contributed by atoms with Crippen molar-refractivity contribution in [2.24, 2.45) is 4.99 Å². The van der Waals surface area contributed by atoms with E-state index < -0.39 is 41.5 Å². The van der Waals surface area contributed by atoms with Gasteiger partial charge in [0, 0.05) is 13.6 Å². The molecule has 4 nitrogen and oxygen atoms in total. The minimum absolute atomic E-state index is 0.0629. The fourth-order valence-electron chi connectivity index (χ4n) is 2.10. The molecular formula is C19H17F5N2O2. The predicted octanol–water partition coefficient (Wildman–Crippen LogP) is 4.95. The van der Waals surface area contributed by atoms with E-state index >= 15 is 0 Å². The van der Waals surface area contributed by atoms with E-state index in [1.54, 1.807) is 11.9 Å². The summed E-state index contributed by atoms with van der Waals surface area (Å²) in [5.41, 5.74) is -1.81. The fraction of sp³-hybridized carbons (Fsp3) is 0.263. The molecule has 2 rings (SSSR count). The molecule has 0 bridgehead atoms. The van der Waals surface area contributed by atoms with Gasteiger partial charge in [0.25, 0.3) is 0 Å². The summed E-state index contributed by atoms with van der Waals surface area (Å²) in [4.78, 5) is 17.4. The average molecular weight is 400 g/mol. The van der Waals surface area contributed by atoms with Crippen molar-refractivity contribution in [1.82, 2.24) is 4.90 Å². The van der Waals surface area contributed by atoms with Gasteiger partial charge in [-0.25, -0.2) is 18.6 Å². The van der Waals surface area contributed by atoms with E-state index in [9.17, 15) is 26.7 Å². The third-order valence-electron chi connectivity index (χ3n) is 3.80. The van der Waals surface area contributed by atoms with Crippen LogP contribution in [0.1, 0.15) is 28.4 Å². The molecule has 0 unspecified atom stereocenters. The Morgan fingerprint density at radius 3 is 2.54 bits per heavy atom.